The smallest absolute Gasteiger partial charge is 0.213 e. The van der Waals surface area contributed by atoms with Crippen molar-refractivity contribution < 1.29 is 13.9 Å². The molecule has 0 amide bonds. The predicted molar refractivity (Wildman–Crippen MR) is 85.1 cm³/mol. The van der Waals surface area contributed by atoms with Crippen LogP contribution in [0.15, 0.2) is 47.4 Å². The molecule has 2 aliphatic rings. The van der Waals surface area contributed by atoms with Crippen molar-refractivity contribution in [3.63, 3.8) is 0 Å². The van der Waals surface area contributed by atoms with Crippen LogP contribution < -0.4 is 4.74 Å². The van der Waals surface area contributed by atoms with Crippen molar-refractivity contribution in [3.8, 4) is 5.88 Å². The Morgan fingerprint density at radius 3 is 3.09 bits per heavy atom. The van der Waals surface area contributed by atoms with E-state index in [9.17, 15) is 0 Å². The second kappa shape index (κ2) is 6.72. The molecule has 3 heterocycles. The lowest BCUT2D eigenvalue weighted by Crippen LogP contribution is -2.47. The van der Waals surface area contributed by atoms with E-state index in [0.717, 1.165) is 32.5 Å². The van der Waals surface area contributed by atoms with Crippen LogP contribution in [0.2, 0.25) is 0 Å². The topological polar surface area (TPSA) is 47.7 Å². The SMILES string of the molecule is c1ccc(OC[C@H]2C[C@@H]3[C@@H](C2)OCCN3Cc2ccoc2)nc1. The first kappa shape index (κ1) is 14.7. The van der Waals surface area contributed by atoms with Crippen LogP contribution in [0.5, 0.6) is 5.88 Å². The highest BCUT2D eigenvalue weighted by molar-refractivity contribution is 5.10. The summed E-state index contributed by atoms with van der Waals surface area (Å²) in [5.74, 6) is 1.23. The molecule has 0 aromatic carbocycles. The van der Waals surface area contributed by atoms with E-state index in [2.05, 4.69) is 9.88 Å². The van der Waals surface area contributed by atoms with Crippen LogP contribution in [0.3, 0.4) is 0 Å². The molecule has 0 N–H and O–H groups in total. The van der Waals surface area contributed by atoms with E-state index in [0.29, 0.717) is 30.6 Å². The van der Waals surface area contributed by atoms with Crippen molar-refractivity contribution in [1.29, 1.82) is 0 Å². The standard InChI is InChI=1S/C18H22N2O3/c1-2-5-19-18(3-1)23-13-15-9-16-17(10-15)22-8-6-20(16)11-14-4-7-21-12-14/h1-5,7,12,15-17H,6,8-11,13H2/t15-,16+,17+/m0/s1. The van der Waals surface area contributed by atoms with Crippen LogP contribution >= 0.6 is 0 Å². The van der Waals surface area contributed by atoms with Gasteiger partial charge in [-0.1, -0.05) is 6.07 Å². The van der Waals surface area contributed by atoms with Crippen LogP contribution in [0.25, 0.3) is 0 Å². The molecule has 2 fully saturated rings. The van der Waals surface area contributed by atoms with Crippen molar-refractivity contribution >= 4 is 0 Å². The molecule has 2 aromatic rings. The monoisotopic (exact) mass is 314 g/mol. The summed E-state index contributed by atoms with van der Waals surface area (Å²) in [7, 11) is 0. The van der Waals surface area contributed by atoms with E-state index in [4.69, 9.17) is 13.9 Å². The number of fused-ring (bicyclic) bond motifs is 1. The van der Waals surface area contributed by atoms with E-state index in [1.807, 2.05) is 30.5 Å². The molecule has 122 valence electrons. The van der Waals surface area contributed by atoms with Crippen molar-refractivity contribution in [2.75, 3.05) is 19.8 Å². The average Bonchev–Trinajstić information content (AvgIpc) is 3.23. The fourth-order valence-electron chi connectivity index (χ4n) is 3.71. The summed E-state index contributed by atoms with van der Waals surface area (Å²) in [4.78, 5) is 6.75. The summed E-state index contributed by atoms with van der Waals surface area (Å²) in [5.41, 5.74) is 1.24. The molecule has 1 saturated carbocycles. The van der Waals surface area contributed by atoms with Gasteiger partial charge >= 0.3 is 0 Å². The van der Waals surface area contributed by atoms with Crippen LogP contribution in [-0.4, -0.2) is 41.8 Å². The molecule has 3 atom stereocenters. The molecule has 1 aliphatic carbocycles. The maximum Gasteiger partial charge on any atom is 0.213 e. The second-order valence-corrected chi connectivity index (χ2v) is 6.40. The fourth-order valence-corrected chi connectivity index (χ4v) is 3.71. The van der Waals surface area contributed by atoms with Gasteiger partial charge in [-0.2, -0.15) is 0 Å². The van der Waals surface area contributed by atoms with E-state index in [-0.39, 0.29) is 0 Å². The summed E-state index contributed by atoms with van der Waals surface area (Å²) in [6, 6.07) is 8.28. The molecule has 23 heavy (non-hydrogen) atoms. The van der Waals surface area contributed by atoms with Gasteiger partial charge in [0, 0.05) is 37.0 Å². The number of nitrogens with zero attached hydrogens (tertiary/aromatic N) is 2. The fraction of sp³-hybridized carbons (Fsp3) is 0.500. The summed E-state index contributed by atoms with van der Waals surface area (Å²) in [6.07, 6.45) is 7.86. The first-order valence-electron chi connectivity index (χ1n) is 8.29. The molecule has 1 saturated heterocycles. The van der Waals surface area contributed by atoms with E-state index in [1.165, 1.54) is 5.56 Å². The minimum absolute atomic E-state index is 0.327. The van der Waals surface area contributed by atoms with Crippen LogP contribution in [0, 0.1) is 5.92 Å². The minimum Gasteiger partial charge on any atom is -0.477 e. The van der Waals surface area contributed by atoms with Crippen LogP contribution in [0.1, 0.15) is 18.4 Å². The van der Waals surface area contributed by atoms with Gasteiger partial charge in [-0.25, -0.2) is 4.98 Å². The normalized spacial score (nSPS) is 27.7. The Balaban J connectivity index is 1.35. The Kier molecular flexibility index (Phi) is 4.30. The zero-order chi connectivity index (χ0) is 15.5. The molecule has 2 aromatic heterocycles. The van der Waals surface area contributed by atoms with E-state index < -0.39 is 0 Å². The van der Waals surface area contributed by atoms with E-state index in [1.54, 1.807) is 12.5 Å². The Morgan fingerprint density at radius 2 is 2.26 bits per heavy atom. The van der Waals surface area contributed by atoms with Crippen LogP contribution in [-0.2, 0) is 11.3 Å². The Bertz CT molecular complexity index is 602. The Morgan fingerprint density at radius 1 is 1.26 bits per heavy atom. The molecule has 5 nitrogen and oxygen atoms in total. The lowest BCUT2D eigenvalue weighted by Gasteiger charge is -2.37. The third kappa shape index (κ3) is 3.41. The first-order chi connectivity index (χ1) is 11.4. The van der Waals surface area contributed by atoms with Gasteiger partial charge in [-0.05, 0) is 30.9 Å². The highest BCUT2D eigenvalue weighted by atomic mass is 16.5. The molecule has 0 spiro atoms. The summed E-state index contributed by atoms with van der Waals surface area (Å²) < 4.78 is 17.0. The molecule has 0 radical (unpaired) electrons. The van der Waals surface area contributed by atoms with Crippen molar-refractivity contribution in [3.05, 3.63) is 48.6 Å². The van der Waals surface area contributed by atoms with Gasteiger partial charge in [0.25, 0.3) is 0 Å². The number of hydrogen-bond acceptors (Lipinski definition) is 5. The molecule has 1 aliphatic heterocycles. The Labute approximate surface area is 136 Å². The zero-order valence-electron chi connectivity index (χ0n) is 13.1. The second-order valence-electron chi connectivity index (χ2n) is 6.40. The number of aromatic nitrogens is 1. The number of furan rings is 1. The van der Waals surface area contributed by atoms with Gasteiger partial charge in [-0.15, -0.1) is 0 Å². The number of hydrogen-bond donors (Lipinski definition) is 0. The molecule has 0 unspecified atom stereocenters. The molecule has 4 rings (SSSR count). The van der Waals surface area contributed by atoms with Gasteiger partial charge in [0.15, 0.2) is 0 Å². The van der Waals surface area contributed by atoms with Crippen molar-refractivity contribution in [2.24, 2.45) is 5.92 Å². The number of pyridine rings is 1. The van der Waals surface area contributed by atoms with Gasteiger partial charge in [0.2, 0.25) is 5.88 Å². The van der Waals surface area contributed by atoms with Crippen molar-refractivity contribution in [2.45, 2.75) is 31.5 Å². The summed E-state index contributed by atoms with van der Waals surface area (Å²) >= 11 is 0. The van der Waals surface area contributed by atoms with Crippen LogP contribution in [0.4, 0.5) is 0 Å². The Hall–Kier alpha value is -1.85. The highest BCUT2D eigenvalue weighted by Crippen LogP contribution is 2.35. The minimum atomic E-state index is 0.327. The van der Waals surface area contributed by atoms with Gasteiger partial charge in [0.05, 0.1) is 31.8 Å². The first-order valence-corrected chi connectivity index (χ1v) is 8.29. The summed E-state index contributed by atoms with van der Waals surface area (Å²) in [6.45, 7) is 3.45. The number of rotatable bonds is 5. The summed E-state index contributed by atoms with van der Waals surface area (Å²) in [5, 5.41) is 0. The molecular weight excluding hydrogens is 292 g/mol. The predicted octanol–water partition coefficient (Wildman–Crippen LogP) is 2.73. The quantitative estimate of drug-likeness (QED) is 0.849. The maximum atomic E-state index is 6.00. The third-order valence-electron chi connectivity index (χ3n) is 4.82. The largest absolute Gasteiger partial charge is 0.477 e. The highest BCUT2D eigenvalue weighted by Gasteiger charge is 2.41. The lowest BCUT2D eigenvalue weighted by atomic mass is 10.1. The lowest BCUT2D eigenvalue weighted by molar-refractivity contribution is -0.0590. The van der Waals surface area contributed by atoms with Gasteiger partial charge in [-0.3, -0.25) is 4.90 Å². The van der Waals surface area contributed by atoms with E-state index >= 15 is 0 Å². The van der Waals surface area contributed by atoms with Gasteiger partial charge in [0.1, 0.15) is 0 Å². The number of ether oxygens (including phenoxy) is 2. The maximum absolute atomic E-state index is 6.00. The van der Waals surface area contributed by atoms with Gasteiger partial charge < -0.3 is 13.9 Å². The molecule has 0 bridgehead atoms. The molecular formula is C18H22N2O3. The average molecular weight is 314 g/mol. The third-order valence-corrected chi connectivity index (χ3v) is 4.82. The zero-order valence-corrected chi connectivity index (χ0v) is 13.1. The molecule has 5 heteroatoms. The van der Waals surface area contributed by atoms with Crippen molar-refractivity contribution in [1.82, 2.24) is 9.88 Å². The number of morpholine rings is 1.